The van der Waals surface area contributed by atoms with E-state index in [4.69, 9.17) is 5.11 Å². The van der Waals surface area contributed by atoms with E-state index in [0.717, 1.165) is 28.8 Å². The SMILES string of the molecule is Cc1cccc(C)c1NCC(=O)NC(CCCO)c1ccccc1. The van der Waals surface area contributed by atoms with E-state index in [2.05, 4.69) is 10.6 Å². The van der Waals surface area contributed by atoms with Crippen LogP contribution in [0.2, 0.25) is 0 Å². The van der Waals surface area contributed by atoms with Gasteiger partial charge >= 0.3 is 0 Å². The monoisotopic (exact) mass is 326 g/mol. The van der Waals surface area contributed by atoms with Gasteiger partial charge in [-0.05, 0) is 43.4 Å². The van der Waals surface area contributed by atoms with E-state index >= 15 is 0 Å². The zero-order chi connectivity index (χ0) is 17.4. The molecule has 0 spiro atoms. The van der Waals surface area contributed by atoms with Crippen LogP contribution in [0, 0.1) is 13.8 Å². The average molecular weight is 326 g/mol. The second kappa shape index (κ2) is 9.08. The van der Waals surface area contributed by atoms with Gasteiger partial charge in [0.15, 0.2) is 0 Å². The number of aliphatic hydroxyl groups excluding tert-OH is 1. The molecule has 4 heteroatoms. The summed E-state index contributed by atoms with van der Waals surface area (Å²) in [5.74, 6) is -0.0514. The Hall–Kier alpha value is -2.33. The molecule has 0 aliphatic rings. The normalized spacial score (nSPS) is 11.8. The molecular weight excluding hydrogens is 300 g/mol. The summed E-state index contributed by atoms with van der Waals surface area (Å²) in [4.78, 5) is 12.3. The molecule has 128 valence electrons. The molecule has 0 aliphatic carbocycles. The standard InChI is InChI=1S/C20H26N2O2/c1-15-8-6-9-16(2)20(15)21-14-19(24)22-18(12-7-13-23)17-10-4-3-5-11-17/h3-6,8-11,18,21,23H,7,12-14H2,1-2H3,(H,22,24). The van der Waals surface area contributed by atoms with Crippen LogP contribution in [0.15, 0.2) is 48.5 Å². The molecule has 2 aromatic carbocycles. The maximum atomic E-state index is 12.3. The van der Waals surface area contributed by atoms with Gasteiger partial charge in [0.1, 0.15) is 0 Å². The van der Waals surface area contributed by atoms with Crippen molar-refractivity contribution in [2.45, 2.75) is 32.7 Å². The fourth-order valence-electron chi connectivity index (χ4n) is 2.81. The number of hydrogen-bond acceptors (Lipinski definition) is 3. The number of aliphatic hydroxyl groups is 1. The summed E-state index contributed by atoms with van der Waals surface area (Å²) < 4.78 is 0. The maximum Gasteiger partial charge on any atom is 0.239 e. The minimum Gasteiger partial charge on any atom is -0.396 e. The third-order valence-electron chi connectivity index (χ3n) is 4.09. The quantitative estimate of drug-likeness (QED) is 0.697. The average Bonchev–Trinajstić information content (AvgIpc) is 2.59. The Kier molecular flexibility index (Phi) is 6.82. The Morgan fingerprint density at radius 3 is 2.33 bits per heavy atom. The zero-order valence-electron chi connectivity index (χ0n) is 14.4. The zero-order valence-corrected chi connectivity index (χ0v) is 14.4. The van der Waals surface area contributed by atoms with Crippen LogP contribution in [-0.4, -0.2) is 24.2 Å². The van der Waals surface area contributed by atoms with Gasteiger partial charge in [0.2, 0.25) is 5.91 Å². The molecule has 0 fully saturated rings. The van der Waals surface area contributed by atoms with Crippen LogP contribution in [0.25, 0.3) is 0 Å². The van der Waals surface area contributed by atoms with Crippen molar-refractivity contribution in [3.05, 3.63) is 65.2 Å². The lowest BCUT2D eigenvalue weighted by Gasteiger charge is -2.20. The molecule has 2 rings (SSSR count). The van der Waals surface area contributed by atoms with E-state index in [0.29, 0.717) is 6.42 Å². The molecule has 24 heavy (non-hydrogen) atoms. The number of aryl methyl sites for hydroxylation is 2. The van der Waals surface area contributed by atoms with Gasteiger partial charge in [0.25, 0.3) is 0 Å². The third kappa shape index (κ3) is 5.10. The van der Waals surface area contributed by atoms with Gasteiger partial charge in [-0.2, -0.15) is 0 Å². The van der Waals surface area contributed by atoms with Gasteiger partial charge in [0.05, 0.1) is 12.6 Å². The van der Waals surface area contributed by atoms with Crippen LogP contribution in [0.3, 0.4) is 0 Å². The number of amides is 1. The van der Waals surface area contributed by atoms with Crippen molar-refractivity contribution >= 4 is 11.6 Å². The van der Waals surface area contributed by atoms with E-state index in [-0.39, 0.29) is 25.1 Å². The second-order valence-electron chi connectivity index (χ2n) is 6.02. The first-order valence-corrected chi connectivity index (χ1v) is 8.37. The van der Waals surface area contributed by atoms with Crippen LogP contribution in [0.5, 0.6) is 0 Å². The highest BCUT2D eigenvalue weighted by molar-refractivity contribution is 5.81. The van der Waals surface area contributed by atoms with Crippen molar-refractivity contribution < 1.29 is 9.90 Å². The maximum absolute atomic E-state index is 12.3. The minimum absolute atomic E-state index is 0.0514. The minimum atomic E-state index is -0.0781. The molecule has 0 saturated carbocycles. The lowest BCUT2D eigenvalue weighted by Crippen LogP contribution is -2.33. The van der Waals surface area contributed by atoms with Gasteiger partial charge in [-0.15, -0.1) is 0 Å². The Balaban J connectivity index is 1.97. The molecule has 3 N–H and O–H groups in total. The fourth-order valence-corrected chi connectivity index (χ4v) is 2.81. The van der Waals surface area contributed by atoms with Crippen molar-refractivity contribution in [3.63, 3.8) is 0 Å². The van der Waals surface area contributed by atoms with Crippen LogP contribution in [-0.2, 0) is 4.79 Å². The van der Waals surface area contributed by atoms with Crippen LogP contribution >= 0.6 is 0 Å². The van der Waals surface area contributed by atoms with E-state index in [1.165, 1.54) is 0 Å². The van der Waals surface area contributed by atoms with E-state index in [9.17, 15) is 4.79 Å². The predicted octanol–water partition coefficient (Wildman–Crippen LogP) is 3.35. The number of carbonyl (C=O) groups excluding carboxylic acids is 1. The molecule has 4 nitrogen and oxygen atoms in total. The lowest BCUT2D eigenvalue weighted by atomic mass is 10.0. The summed E-state index contributed by atoms with van der Waals surface area (Å²) in [6.45, 7) is 4.41. The summed E-state index contributed by atoms with van der Waals surface area (Å²) in [6, 6.07) is 15.9. The first kappa shape index (κ1) is 18.0. The van der Waals surface area contributed by atoms with E-state index < -0.39 is 0 Å². The molecule has 0 heterocycles. The van der Waals surface area contributed by atoms with Gasteiger partial charge in [0, 0.05) is 12.3 Å². The smallest absolute Gasteiger partial charge is 0.239 e. The molecule has 0 bridgehead atoms. The molecule has 0 aromatic heterocycles. The highest BCUT2D eigenvalue weighted by Crippen LogP contribution is 2.20. The lowest BCUT2D eigenvalue weighted by molar-refractivity contribution is -0.120. The molecule has 1 unspecified atom stereocenters. The number of anilines is 1. The summed E-state index contributed by atoms with van der Waals surface area (Å²) >= 11 is 0. The van der Waals surface area contributed by atoms with Crippen molar-refractivity contribution in [1.82, 2.24) is 5.32 Å². The Morgan fingerprint density at radius 2 is 1.71 bits per heavy atom. The molecule has 0 saturated heterocycles. The number of rotatable bonds is 8. The highest BCUT2D eigenvalue weighted by Gasteiger charge is 2.14. The van der Waals surface area contributed by atoms with Crippen LogP contribution in [0.4, 0.5) is 5.69 Å². The number of benzene rings is 2. The van der Waals surface area contributed by atoms with Gasteiger partial charge in [-0.25, -0.2) is 0 Å². The van der Waals surface area contributed by atoms with Gasteiger partial charge in [-0.3, -0.25) is 4.79 Å². The number of nitrogens with one attached hydrogen (secondary N) is 2. The van der Waals surface area contributed by atoms with Crippen molar-refractivity contribution in [2.24, 2.45) is 0 Å². The molecule has 1 amide bonds. The Bertz CT molecular complexity index is 636. The first-order valence-electron chi connectivity index (χ1n) is 8.37. The number of para-hydroxylation sites is 1. The molecule has 1 atom stereocenters. The largest absolute Gasteiger partial charge is 0.396 e. The molecule has 0 radical (unpaired) electrons. The van der Waals surface area contributed by atoms with Crippen molar-refractivity contribution in [3.8, 4) is 0 Å². The summed E-state index contributed by atoms with van der Waals surface area (Å²) in [5, 5.41) is 15.4. The van der Waals surface area contributed by atoms with Gasteiger partial charge < -0.3 is 15.7 Å². The third-order valence-corrected chi connectivity index (χ3v) is 4.09. The second-order valence-corrected chi connectivity index (χ2v) is 6.02. The van der Waals surface area contributed by atoms with E-state index in [1.54, 1.807) is 0 Å². The highest BCUT2D eigenvalue weighted by atomic mass is 16.3. The Labute approximate surface area is 143 Å². The number of hydrogen-bond donors (Lipinski definition) is 3. The predicted molar refractivity (Wildman–Crippen MR) is 98.1 cm³/mol. The fraction of sp³-hybridized carbons (Fsp3) is 0.350. The Morgan fingerprint density at radius 1 is 1.04 bits per heavy atom. The number of carbonyl (C=O) groups is 1. The van der Waals surface area contributed by atoms with Crippen molar-refractivity contribution in [1.29, 1.82) is 0 Å². The summed E-state index contributed by atoms with van der Waals surface area (Å²) in [6.07, 6.45) is 1.37. The molecular formula is C20H26N2O2. The topological polar surface area (TPSA) is 61.4 Å². The summed E-state index contributed by atoms with van der Waals surface area (Å²) in [5.41, 5.74) is 4.33. The molecule has 2 aromatic rings. The van der Waals surface area contributed by atoms with Crippen molar-refractivity contribution in [2.75, 3.05) is 18.5 Å². The van der Waals surface area contributed by atoms with Gasteiger partial charge in [-0.1, -0.05) is 48.5 Å². The van der Waals surface area contributed by atoms with E-state index in [1.807, 2.05) is 62.4 Å². The molecule has 0 aliphatic heterocycles. The van der Waals surface area contributed by atoms with Crippen LogP contribution in [0.1, 0.15) is 35.6 Å². The summed E-state index contributed by atoms with van der Waals surface area (Å²) in [7, 11) is 0. The van der Waals surface area contributed by atoms with Crippen LogP contribution < -0.4 is 10.6 Å². The first-order chi connectivity index (χ1) is 11.6.